The minimum absolute atomic E-state index is 0.436. The minimum Gasteiger partial charge on any atom is -0.462 e. The Balaban J connectivity index is 2.29. The van der Waals surface area contributed by atoms with Crippen molar-refractivity contribution in [2.75, 3.05) is 7.11 Å². The summed E-state index contributed by atoms with van der Waals surface area (Å²) < 4.78 is 11.1. The fraction of sp³-hybridized carbons (Fsp3) is 0.455. The Kier molecular flexibility index (Phi) is 2.00. The molecule has 70 valence electrons. The fourth-order valence-corrected chi connectivity index (χ4v) is 1.60. The predicted octanol–water partition coefficient (Wildman–Crippen LogP) is 2.37. The standard InChI is InChI=1S/C11H14O2/c1-11(12-2)8-7-9-5-3-4-6-10(9)13-11/h3-6H,7-8H2,1-2H3. The van der Waals surface area contributed by atoms with Crippen LogP contribution in [0.15, 0.2) is 24.3 Å². The highest BCUT2D eigenvalue weighted by Gasteiger charge is 2.30. The highest BCUT2D eigenvalue weighted by Crippen LogP contribution is 2.32. The van der Waals surface area contributed by atoms with E-state index in [2.05, 4.69) is 6.07 Å². The van der Waals surface area contributed by atoms with Gasteiger partial charge in [-0.3, -0.25) is 0 Å². The maximum absolute atomic E-state index is 5.75. The molecule has 1 aliphatic rings. The van der Waals surface area contributed by atoms with Crippen LogP contribution in [-0.2, 0) is 11.2 Å². The molecule has 0 saturated heterocycles. The maximum atomic E-state index is 5.75. The Labute approximate surface area is 78.5 Å². The van der Waals surface area contributed by atoms with Crippen LogP contribution in [0, 0.1) is 0 Å². The Morgan fingerprint density at radius 1 is 1.38 bits per heavy atom. The highest BCUT2D eigenvalue weighted by atomic mass is 16.7. The van der Waals surface area contributed by atoms with Crippen LogP contribution < -0.4 is 4.74 Å². The van der Waals surface area contributed by atoms with E-state index in [1.54, 1.807) is 7.11 Å². The van der Waals surface area contributed by atoms with Crippen LogP contribution in [0.25, 0.3) is 0 Å². The van der Waals surface area contributed by atoms with Gasteiger partial charge in [-0.25, -0.2) is 0 Å². The van der Waals surface area contributed by atoms with Gasteiger partial charge in [0.2, 0.25) is 5.79 Å². The van der Waals surface area contributed by atoms with E-state index in [1.807, 2.05) is 25.1 Å². The van der Waals surface area contributed by atoms with Gasteiger partial charge < -0.3 is 9.47 Å². The van der Waals surface area contributed by atoms with Crippen LogP contribution >= 0.6 is 0 Å². The number of rotatable bonds is 1. The molecule has 0 saturated carbocycles. The third-order valence-electron chi connectivity index (χ3n) is 2.58. The lowest BCUT2D eigenvalue weighted by Gasteiger charge is -2.34. The zero-order valence-electron chi connectivity index (χ0n) is 8.04. The summed E-state index contributed by atoms with van der Waals surface area (Å²) in [5.74, 6) is 0.520. The van der Waals surface area contributed by atoms with Crippen LogP contribution in [0.3, 0.4) is 0 Å². The van der Waals surface area contributed by atoms with Gasteiger partial charge >= 0.3 is 0 Å². The molecule has 1 unspecified atom stereocenters. The van der Waals surface area contributed by atoms with E-state index >= 15 is 0 Å². The second kappa shape index (κ2) is 3.04. The van der Waals surface area contributed by atoms with E-state index in [0.29, 0.717) is 0 Å². The van der Waals surface area contributed by atoms with Crippen molar-refractivity contribution >= 4 is 0 Å². The van der Waals surface area contributed by atoms with Gasteiger partial charge in [0.25, 0.3) is 0 Å². The first kappa shape index (κ1) is 8.57. The maximum Gasteiger partial charge on any atom is 0.207 e. The molecule has 2 nitrogen and oxygen atoms in total. The SMILES string of the molecule is COC1(C)CCc2ccccc2O1. The molecule has 0 fully saturated rings. The second-order valence-corrected chi connectivity index (χ2v) is 3.55. The lowest BCUT2D eigenvalue weighted by molar-refractivity contribution is -0.160. The van der Waals surface area contributed by atoms with E-state index in [9.17, 15) is 0 Å². The molecule has 0 radical (unpaired) electrons. The summed E-state index contributed by atoms with van der Waals surface area (Å²) in [7, 11) is 1.69. The van der Waals surface area contributed by atoms with E-state index < -0.39 is 5.79 Å². The molecule has 0 aromatic heterocycles. The van der Waals surface area contributed by atoms with Crippen LogP contribution in [0.1, 0.15) is 18.9 Å². The zero-order chi connectivity index (χ0) is 9.31. The quantitative estimate of drug-likeness (QED) is 0.657. The molecule has 13 heavy (non-hydrogen) atoms. The molecule has 1 aromatic rings. The molecular formula is C11H14O2. The summed E-state index contributed by atoms with van der Waals surface area (Å²) in [5, 5.41) is 0. The molecule has 0 bridgehead atoms. The smallest absolute Gasteiger partial charge is 0.207 e. The Morgan fingerprint density at radius 2 is 2.15 bits per heavy atom. The minimum atomic E-state index is -0.436. The Hall–Kier alpha value is -1.02. The molecule has 1 aromatic carbocycles. The number of ether oxygens (including phenoxy) is 2. The monoisotopic (exact) mass is 178 g/mol. The lowest BCUT2D eigenvalue weighted by atomic mass is 10.0. The zero-order valence-corrected chi connectivity index (χ0v) is 8.04. The third-order valence-corrected chi connectivity index (χ3v) is 2.58. The molecule has 1 atom stereocenters. The van der Waals surface area contributed by atoms with Crippen LogP contribution in [0.2, 0.25) is 0 Å². The van der Waals surface area contributed by atoms with E-state index in [-0.39, 0.29) is 0 Å². The second-order valence-electron chi connectivity index (χ2n) is 3.55. The van der Waals surface area contributed by atoms with Gasteiger partial charge in [0.05, 0.1) is 0 Å². The molecule has 1 heterocycles. The predicted molar refractivity (Wildman–Crippen MR) is 50.8 cm³/mol. The molecule has 0 aliphatic carbocycles. The first-order valence-corrected chi connectivity index (χ1v) is 4.56. The van der Waals surface area contributed by atoms with Gasteiger partial charge in [0, 0.05) is 20.5 Å². The Morgan fingerprint density at radius 3 is 2.92 bits per heavy atom. The molecule has 2 rings (SSSR count). The van der Waals surface area contributed by atoms with Crippen molar-refractivity contribution in [3.05, 3.63) is 29.8 Å². The summed E-state index contributed by atoms with van der Waals surface area (Å²) in [6, 6.07) is 8.12. The first-order valence-electron chi connectivity index (χ1n) is 4.56. The van der Waals surface area contributed by atoms with E-state index in [4.69, 9.17) is 9.47 Å². The Bertz CT molecular complexity index is 309. The molecule has 2 heteroatoms. The number of hydrogen-bond acceptors (Lipinski definition) is 2. The van der Waals surface area contributed by atoms with Crippen molar-refractivity contribution < 1.29 is 9.47 Å². The summed E-state index contributed by atoms with van der Waals surface area (Å²) in [6.07, 6.45) is 1.95. The summed E-state index contributed by atoms with van der Waals surface area (Å²) in [6.45, 7) is 1.98. The largest absolute Gasteiger partial charge is 0.462 e. The van der Waals surface area contributed by atoms with Crippen LogP contribution in [0.4, 0.5) is 0 Å². The van der Waals surface area contributed by atoms with Crippen molar-refractivity contribution in [1.82, 2.24) is 0 Å². The van der Waals surface area contributed by atoms with Crippen molar-refractivity contribution in [1.29, 1.82) is 0 Å². The van der Waals surface area contributed by atoms with Gasteiger partial charge in [-0.2, -0.15) is 0 Å². The van der Waals surface area contributed by atoms with Gasteiger partial charge in [-0.15, -0.1) is 0 Å². The number of methoxy groups -OCH3 is 1. The fourth-order valence-electron chi connectivity index (χ4n) is 1.60. The van der Waals surface area contributed by atoms with Gasteiger partial charge in [-0.1, -0.05) is 18.2 Å². The van der Waals surface area contributed by atoms with Gasteiger partial charge in [-0.05, 0) is 18.1 Å². The summed E-state index contributed by atoms with van der Waals surface area (Å²) in [5.41, 5.74) is 1.28. The molecular weight excluding hydrogens is 164 g/mol. The van der Waals surface area contributed by atoms with Gasteiger partial charge in [0.1, 0.15) is 5.75 Å². The number of benzene rings is 1. The number of aryl methyl sites for hydroxylation is 1. The lowest BCUT2D eigenvalue weighted by Crippen LogP contribution is -2.38. The summed E-state index contributed by atoms with van der Waals surface area (Å²) >= 11 is 0. The van der Waals surface area contributed by atoms with Crippen molar-refractivity contribution in [2.45, 2.75) is 25.6 Å². The number of para-hydroxylation sites is 1. The third kappa shape index (κ3) is 1.54. The van der Waals surface area contributed by atoms with E-state index in [1.165, 1.54) is 5.56 Å². The summed E-state index contributed by atoms with van der Waals surface area (Å²) in [4.78, 5) is 0. The first-order chi connectivity index (χ1) is 6.23. The van der Waals surface area contributed by atoms with Crippen molar-refractivity contribution in [3.63, 3.8) is 0 Å². The van der Waals surface area contributed by atoms with E-state index in [0.717, 1.165) is 18.6 Å². The number of fused-ring (bicyclic) bond motifs is 1. The van der Waals surface area contributed by atoms with Crippen molar-refractivity contribution in [3.8, 4) is 5.75 Å². The average Bonchev–Trinajstić information content (AvgIpc) is 2.18. The topological polar surface area (TPSA) is 18.5 Å². The molecule has 1 aliphatic heterocycles. The van der Waals surface area contributed by atoms with Crippen LogP contribution in [-0.4, -0.2) is 12.9 Å². The highest BCUT2D eigenvalue weighted by molar-refractivity contribution is 5.35. The van der Waals surface area contributed by atoms with Gasteiger partial charge in [0.15, 0.2) is 0 Å². The van der Waals surface area contributed by atoms with Crippen LogP contribution in [0.5, 0.6) is 5.75 Å². The molecule has 0 N–H and O–H groups in total. The molecule has 0 spiro atoms. The molecule has 0 amide bonds. The number of hydrogen-bond donors (Lipinski definition) is 0. The average molecular weight is 178 g/mol. The normalized spacial score (nSPS) is 26.3. The van der Waals surface area contributed by atoms with Crippen molar-refractivity contribution in [2.24, 2.45) is 0 Å².